The van der Waals surface area contributed by atoms with Gasteiger partial charge in [-0.05, 0) is 41.8 Å². The third-order valence-electron chi connectivity index (χ3n) is 6.98. The van der Waals surface area contributed by atoms with Crippen LogP contribution in [0.25, 0.3) is 0 Å². The second-order valence-electron chi connectivity index (χ2n) is 8.94. The molecular weight excluding hydrogens is 439 g/mol. The van der Waals surface area contributed by atoms with E-state index in [1.165, 1.54) is 12.1 Å². The monoisotopic (exact) mass is 466 g/mol. The van der Waals surface area contributed by atoms with Crippen molar-refractivity contribution in [3.05, 3.63) is 71.6 Å². The number of amides is 2. The van der Waals surface area contributed by atoms with E-state index in [1.54, 1.807) is 31.3 Å². The van der Waals surface area contributed by atoms with Gasteiger partial charge in [-0.3, -0.25) is 9.59 Å². The predicted octanol–water partition coefficient (Wildman–Crippen LogP) is 2.48. The molecular formula is C26H27FN2O5. The number of carbonyl (C=O) groups excluding carboxylic acids is 2. The summed E-state index contributed by atoms with van der Waals surface area (Å²) in [6.07, 6.45) is 4.07. The van der Waals surface area contributed by atoms with E-state index in [2.05, 4.69) is 5.32 Å². The van der Waals surface area contributed by atoms with Crippen LogP contribution >= 0.6 is 0 Å². The van der Waals surface area contributed by atoms with E-state index in [0.29, 0.717) is 31.0 Å². The van der Waals surface area contributed by atoms with Crippen LogP contribution in [-0.2, 0) is 27.3 Å². The molecule has 7 nitrogen and oxygen atoms in total. The molecule has 0 radical (unpaired) electrons. The average molecular weight is 467 g/mol. The maximum absolute atomic E-state index is 13.4. The summed E-state index contributed by atoms with van der Waals surface area (Å²) in [6, 6.07) is 11.7. The zero-order valence-electron chi connectivity index (χ0n) is 19.1. The molecule has 178 valence electrons. The number of benzene rings is 2. The van der Waals surface area contributed by atoms with E-state index in [-0.39, 0.29) is 24.2 Å². The Morgan fingerprint density at radius 1 is 1.15 bits per heavy atom. The molecule has 2 bridgehead atoms. The van der Waals surface area contributed by atoms with Crippen LogP contribution in [0.15, 0.2) is 54.6 Å². The summed E-state index contributed by atoms with van der Waals surface area (Å²) in [4.78, 5) is 28.3. The molecule has 2 aromatic carbocycles. The van der Waals surface area contributed by atoms with Crippen LogP contribution in [0.5, 0.6) is 11.5 Å². The molecule has 2 saturated heterocycles. The molecule has 0 aromatic heterocycles. The lowest BCUT2D eigenvalue weighted by Crippen LogP contribution is -2.44. The van der Waals surface area contributed by atoms with Gasteiger partial charge in [-0.1, -0.05) is 30.4 Å². The van der Waals surface area contributed by atoms with E-state index >= 15 is 0 Å². The third-order valence-corrected chi connectivity index (χ3v) is 6.98. The normalized spacial score (nSPS) is 26.6. The Labute approximate surface area is 197 Å². The smallest absolute Gasteiger partial charge is 0.230 e. The molecule has 0 aliphatic carbocycles. The van der Waals surface area contributed by atoms with E-state index < -0.39 is 23.5 Å². The molecule has 34 heavy (non-hydrogen) atoms. The lowest BCUT2D eigenvalue weighted by Gasteiger charge is -2.23. The summed E-state index contributed by atoms with van der Waals surface area (Å²) < 4.78 is 30.0. The van der Waals surface area contributed by atoms with Crippen LogP contribution in [0, 0.1) is 17.7 Å². The van der Waals surface area contributed by atoms with E-state index in [9.17, 15) is 14.0 Å². The summed E-state index contributed by atoms with van der Waals surface area (Å²) >= 11 is 0. The highest BCUT2D eigenvalue weighted by Gasteiger charge is 2.66. The number of nitrogens with one attached hydrogen (secondary N) is 1. The molecule has 3 aliphatic heterocycles. The minimum atomic E-state index is -0.753. The number of fused-ring (bicyclic) bond motifs is 1. The summed E-state index contributed by atoms with van der Waals surface area (Å²) in [5.41, 5.74) is 1.06. The molecule has 2 fully saturated rings. The minimum absolute atomic E-state index is 0.0609. The first-order valence-electron chi connectivity index (χ1n) is 11.3. The number of hydrogen-bond donors (Lipinski definition) is 1. The Bertz CT molecular complexity index is 1130. The predicted molar refractivity (Wildman–Crippen MR) is 122 cm³/mol. The van der Waals surface area contributed by atoms with Gasteiger partial charge in [-0.2, -0.15) is 0 Å². The van der Waals surface area contributed by atoms with Gasteiger partial charge in [-0.25, -0.2) is 4.39 Å². The quantitative estimate of drug-likeness (QED) is 0.605. The first kappa shape index (κ1) is 22.4. The van der Waals surface area contributed by atoms with Gasteiger partial charge in [0.25, 0.3) is 0 Å². The van der Waals surface area contributed by atoms with Gasteiger partial charge in [0.1, 0.15) is 11.4 Å². The number of hydrogen-bond acceptors (Lipinski definition) is 5. The van der Waals surface area contributed by atoms with Gasteiger partial charge in [0.05, 0.1) is 38.7 Å². The molecule has 0 unspecified atom stereocenters. The van der Waals surface area contributed by atoms with Gasteiger partial charge in [0.15, 0.2) is 11.5 Å². The second-order valence-corrected chi connectivity index (χ2v) is 8.94. The Morgan fingerprint density at radius 3 is 2.62 bits per heavy atom. The fourth-order valence-electron chi connectivity index (χ4n) is 5.28. The molecule has 3 heterocycles. The zero-order chi connectivity index (χ0) is 23.9. The van der Waals surface area contributed by atoms with Crippen LogP contribution in [0.1, 0.15) is 11.1 Å². The van der Waals surface area contributed by atoms with Gasteiger partial charge in [0.2, 0.25) is 11.8 Å². The van der Waals surface area contributed by atoms with Crippen molar-refractivity contribution in [1.82, 2.24) is 10.2 Å². The number of halogens is 1. The fourth-order valence-corrected chi connectivity index (χ4v) is 5.28. The molecule has 4 atom stereocenters. The number of likely N-dealkylation sites (tertiary alicyclic amines) is 1. The van der Waals surface area contributed by atoms with Crippen molar-refractivity contribution in [2.75, 3.05) is 27.3 Å². The third kappa shape index (κ3) is 3.81. The lowest BCUT2D eigenvalue weighted by atomic mass is 9.77. The van der Waals surface area contributed by atoms with E-state index in [1.807, 2.05) is 30.4 Å². The van der Waals surface area contributed by atoms with Crippen molar-refractivity contribution in [1.29, 1.82) is 0 Å². The molecule has 3 aliphatic rings. The Balaban J connectivity index is 1.25. The van der Waals surface area contributed by atoms with Gasteiger partial charge >= 0.3 is 0 Å². The molecule has 5 rings (SSSR count). The van der Waals surface area contributed by atoms with Crippen LogP contribution < -0.4 is 14.8 Å². The SMILES string of the molecule is COc1ccc(CCN2C[C@]34C=C[C@H](O3)[C@@H](C(=O)NCc3ccc(F)cc3)[C@H]4C2=O)cc1OC. The summed E-state index contributed by atoms with van der Waals surface area (Å²) in [5.74, 6) is -0.429. The topological polar surface area (TPSA) is 77.1 Å². The highest BCUT2D eigenvalue weighted by Crippen LogP contribution is 2.51. The summed E-state index contributed by atoms with van der Waals surface area (Å²) in [7, 11) is 3.18. The number of ether oxygens (including phenoxy) is 3. The molecule has 0 saturated carbocycles. The van der Waals surface area contributed by atoms with Crippen LogP contribution in [0.4, 0.5) is 4.39 Å². The van der Waals surface area contributed by atoms with Gasteiger partial charge < -0.3 is 24.4 Å². The van der Waals surface area contributed by atoms with E-state index in [4.69, 9.17) is 14.2 Å². The van der Waals surface area contributed by atoms with Crippen LogP contribution in [0.3, 0.4) is 0 Å². The van der Waals surface area contributed by atoms with Crippen LogP contribution in [0.2, 0.25) is 0 Å². The van der Waals surface area contributed by atoms with Crippen molar-refractivity contribution in [2.24, 2.45) is 11.8 Å². The van der Waals surface area contributed by atoms with E-state index in [0.717, 1.165) is 11.1 Å². The van der Waals surface area contributed by atoms with Crippen molar-refractivity contribution >= 4 is 11.8 Å². The maximum atomic E-state index is 13.4. The number of carbonyl (C=O) groups is 2. The Kier molecular flexibility index (Phi) is 5.77. The number of rotatable bonds is 8. The zero-order valence-corrected chi connectivity index (χ0v) is 19.1. The van der Waals surface area contributed by atoms with Crippen LogP contribution in [-0.4, -0.2) is 55.7 Å². The average Bonchev–Trinajstić information content (AvgIpc) is 3.50. The van der Waals surface area contributed by atoms with Crippen molar-refractivity contribution in [3.63, 3.8) is 0 Å². The standard InChI is InChI=1S/C26H27FN2O5/c1-32-19-8-5-16(13-21(19)33-2)10-12-29-15-26-11-9-20(34-26)22(23(26)25(29)31)24(30)28-14-17-3-6-18(27)7-4-17/h3-9,11,13,20,22-23H,10,12,14-15H2,1-2H3,(H,28,30)/t20-,22+,23-,26-/m0/s1. The second kappa shape index (κ2) is 8.76. The Hall–Kier alpha value is -3.39. The molecule has 8 heteroatoms. The largest absolute Gasteiger partial charge is 0.493 e. The summed E-state index contributed by atoms with van der Waals surface area (Å²) in [5, 5.41) is 2.90. The van der Waals surface area contributed by atoms with Gasteiger partial charge in [-0.15, -0.1) is 0 Å². The number of methoxy groups -OCH3 is 2. The molecule has 2 aromatic rings. The first-order chi connectivity index (χ1) is 16.4. The number of nitrogens with zero attached hydrogens (tertiary/aromatic N) is 1. The van der Waals surface area contributed by atoms with Gasteiger partial charge in [0, 0.05) is 13.1 Å². The minimum Gasteiger partial charge on any atom is -0.493 e. The van der Waals surface area contributed by atoms with Crippen molar-refractivity contribution in [2.45, 2.75) is 24.7 Å². The fraction of sp³-hybridized carbons (Fsp3) is 0.385. The molecule has 1 N–H and O–H groups in total. The van der Waals surface area contributed by atoms with Crippen molar-refractivity contribution in [3.8, 4) is 11.5 Å². The van der Waals surface area contributed by atoms with Crippen molar-refractivity contribution < 1.29 is 28.2 Å². The highest BCUT2D eigenvalue weighted by atomic mass is 19.1. The summed E-state index contributed by atoms with van der Waals surface area (Å²) in [6.45, 7) is 1.21. The maximum Gasteiger partial charge on any atom is 0.230 e. The Morgan fingerprint density at radius 2 is 1.88 bits per heavy atom. The lowest BCUT2D eigenvalue weighted by molar-refractivity contribution is -0.137. The molecule has 1 spiro atoms. The molecule has 2 amide bonds. The first-order valence-corrected chi connectivity index (χ1v) is 11.3. The highest BCUT2D eigenvalue weighted by molar-refractivity contribution is 5.93.